The van der Waals surface area contributed by atoms with Crippen molar-refractivity contribution in [1.82, 2.24) is 9.38 Å². The zero-order valence-electron chi connectivity index (χ0n) is 37.2. The second-order valence-corrected chi connectivity index (χ2v) is 21.9. The highest BCUT2D eigenvalue weighted by molar-refractivity contribution is 7.86. The highest BCUT2D eigenvalue weighted by Crippen LogP contribution is 2.60. The fourth-order valence-corrected chi connectivity index (χ4v) is 13.3. The van der Waals surface area contributed by atoms with E-state index < -0.39 is 36.4 Å². The Morgan fingerprint density at radius 2 is 1.42 bits per heavy atom. The Bertz CT molecular complexity index is 2990. The molecule has 9 rings (SSSR count). The number of piperazine rings is 1. The van der Waals surface area contributed by atoms with E-state index in [0.29, 0.717) is 52.3 Å². The van der Waals surface area contributed by atoms with Crippen LogP contribution in [0.25, 0.3) is 21.5 Å². The van der Waals surface area contributed by atoms with Gasteiger partial charge in [0, 0.05) is 46.1 Å². The summed E-state index contributed by atoms with van der Waals surface area (Å²) in [5.41, 5.74) is 8.39. The molecule has 0 radical (unpaired) electrons. The molecule has 4 aliphatic heterocycles. The van der Waals surface area contributed by atoms with Crippen molar-refractivity contribution in [1.29, 1.82) is 0 Å². The summed E-state index contributed by atoms with van der Waals surface area (Å²) in [4.78, 5) is 16.7. The van der Waals surface area contributed by atoms with Crippen LogP contribution in [0.3, 0.4) is 0 Å². The van der Waals surface area contributed by atoms with Gasteiger partial charge in [0.2, 0.25) is 11.1 Å². The smallest absolute Gasteiger partial charge is 0.410 e. The molecule has 4 aromatic carbocycles. The van der Waals surface area contributed by atoms with Crippen LogP contribution in [0, 0.1) is 0 Å². The minimum atomic E-state index is -4.41. The molecular weight excluding hydrogens is 849 g/mol. The number of hydrogen-bond donors (Lipinski definition) is 2. The summed E-state index contributed by atoms with van der Waals surface area (Å²) in [7, 11) is -8.56. The van der Waals surface area contributed by atoms with Crippen LogP contribution in [0.1, 0.15) is 71.4 Å². The van der Waals surface area contributed by atoms with Crippen molar-refractivity contribution in [3.8, 4) is 0 Å². The fraction of sp³-hybridized carbons (Fsp3) is 0.400. The van der Waals surface area contributed by atoms with Crippen LogP contribution in [0.15, 0.2) is 120 Å². The molecule has 14 heteroatoms. The predicted molar refractivity (Wildman–Crippen MR) is 254 cm³/mol. The first kappa shape index (κ1) is 44.1. The van der Waals surface area contributed by atoms with Gasteiger partial charge in [-0.15, -0.1) is 0 Å². The van der Waals surface area contributed by atoms with Gasteiger partial charge < -0.3 is 9.64 Å². The van der Waals surface area contributed by atoms with Crippen LogP contribution < -0.4 is 9.38 Å². The van der Waals surface area contributed by atoms with Gasteiger partial charge in [0.15, 0.2) is 13.1 Å². The lowest BCUT2D eigenvalue weighted by atomic mass is 9.80. The van der Waals surface area contributed by atoms with Crippen molar-refractivity contribution in [3.63, 3.8) is 0 Å². The summed E-state index contributed by atoms with van der Waals surface area (Å²) >= 11 is 0. The molecule has 3 fully saturated rings. The van der Waals surface area contributed by atoms with Crippen LogP contribution in [0.4, 0.5) is 16.2 Å². The maximum atomic E-state index is 13.2. The van der Waals surface area contributed by atoms with Crippen molar-refractivity contribution in [3.05, 3.63) is 131 Å². The molecule has 4 aromatic rings. The van der Waals surface area contributed by atoms with Gasteiger partial charge in [-0.2, -0.15) is 16.8 Å². The molecule has 4 heterocycles. The standard InChI is InChI=1S/C50H56N4O8S2/c1-6-62-48(55)52-30-28-51(29-31-52)47-36(20-24-42-49(2,3)45-38-14-9-7-12-34(38)18-22-40(45)53(42)27-11-33-63(56,57)58)16-17-37(47)21-25-43-50(4,5)46-39-15-10-8-13-35(39)19-23-41(46)54(43)32-26-44(54)64(59,60)61/h7-10,12-15,18-25,44H,6,11,16-17,26-33H2,1-5H3/p+2/b37-21+,43-25?. The molecule has 1 aliphatic carbocycles. The summed E-state index contributed by atoms with van der Waals surface area (Å²) in [6.45, 7) is 13.9. The van der Waals surface area contributed by atoms with Gasteiger partial charge >= 0.3 is 16.2 Å². The number of allylic oxidation sites excluding steroid dienone is 8. The molecule has 5 aliphatic rings. The number of nitrogens with zero attached hydrogens (tertiary/aromatic N) is 4. The number of hydrogen-bond acceptors (Lipinski definition) is 7. The third kappa shape index (κ3) is 7.31. The Kier molecular flexibility index (Phi) is 11.1. The lowest BCUT2D eigenvalue weighted by molar-refractivity contribution is -0.537. The first-order valence-corrected chi connectivity index (χ1v) is 25.5. The van der Waals surface area contributed by atoms with Crippen LogP contribution in [0.2, 0.25) is 0 Å². The fourth-order valence-electron chi connectivity index (χ4n) is 11.6. The molecular formula is C50H58N4O8S2+2. The SMILES string of the molecule is CCOC(=O)N1CC[N+](=C2/C(=C/C=C3N(CCCS(=O)(=O)O)c4ccc5ccccc5c4C3(C)C)CC/C2=C\C=C2C(C)(C)c3c(ccc4ccccc34)[N+]23CCC3S(=O)(=O)O)CC1. The summed E-state index contributed by atoms with van der Waals surface area (Å²) in [6.07, 6.45) is 10.4. The number of carbonyl (C=O) groups is 1. The van der Waals surface area contributed by atoms with Gasteiger partial charge in [-0.05, 0) is 97.5 Å². The molecule has 2 N–H and O–H groups in total. The summed E-state index contributed by atoms with van der Waals surface area (Å²) < 4.78 is 78.2. The van der Waals surface area contributed by atoms with Crippen molar-refractivity contribution in [2.45, 2.75) is 76.5 Å². The molecule has 0 bridgehead atoms. The Morgan fingerprint density at radius 3 is 2.02 bits per heavy atom. The van der Waals surface area contributed by atoms with E-state index in [9.17, 15) is 30.7 Å². The average Bonchev–Trinajstić information content (AvgIpc) is 3.81. The largest absolute Gasteiger partial charge is 0.450 e. The van der Waals surface area contributed by atoms with Gasteiger partial charge in [0.25, 0.3) is 10.1 Å². The second-order valence-electron chi connectivity index (χ2n) is 18.8. The van der Waals surface area contributed by atoms with Gasteiger partial charge in [-0.1, -0.05) is 74.5 Å². The number of quaternary nitrogens is 1. The number of amides is 1. The lowest BCUT2D eigenvalue weighted by Gasteiger charge is -2.49. The summed E-state index contributed by atoms with van der Waals surface area (Å²) in [6, 6.07) is 24.8. The second kappa shape index (κ2) is 16.1. The van der Waals surface area contributed by atoms with E-state index in [-0.39, 0.29) is 22.7 Å². The molecule has 64 heavy (non-hydrogen) atoms. The highest BCUT2D eigenvalue weighted by atomic mass is 32.2. The maximum absolute atomic E-state index is 13.2. The predicted octanol–water partition coefficient (Wildman–Crippen LogP) is 8.62. The van der Waals surface area contributed by atoms with Crippen molar-refractivity contribution >= 4 is 65.0 Å². The topological polar surface area (TPSA) is 145 Å². The zero-order chi connectivity index (χ0) is 45.4. The molecule has 2 unspecified atom stereocenters. The van der Waals surface area contributed by atoms with Crippen LogP contribution >= 0.6 is 0 Å². The number of anilines is 1. The van der Waals surface area contributed by atoms with E-state index in [1.807, 2.05) is 30.3 Å². The molecule has 1 saturated carbocycles. The highest BCUT2D eigenvalue weighted by Gasteiger charge is 2.66. The maximum Gasteiger partial charge on any atom is 0.410 e. The van der Waals surface area contributed by atoms with Crippen molar-refractivity contribution < 1.29 is 40.0 Å². The van der Waals surface area contributed by atoms with Gasteiger partial charge in [-0.3, -0.25) is 14.0 Å². The van der Waals surface area contributed by atoms with E-state index in [2.05, 4.69) is 104 Å². The van der Waals surface area contributed by atoms with E-state index in [1.165, 1.54) is 5.56 Å². The molecule has 1 amide bonds. The number of rotatable bonds is 8. The quantitative estimate of drug-likeness (QED) is 0.101. The van der Waals surface area contributed by atoms with Crippen molar-refractivity contribution in [2.75, 3.05) is 56.5 Å². The van der Waals surface area contributed by atoms with Gasteiger partial charge in [-0.25, -0.2) is 13.9 Å². The first-order chi connectivity index (χ1) is 30.4. The normalized spacial score (nSPS) is 25.3. The van der Waals surface area contributed by atoms with Crippen LogP contribution in [-0.4, -0.2) is 104 Å². The molecule has 336 valence electrons. The number of carbonyl (C=O) groups excluding carboxylic acids is 1. The van der Waals surface area contributed by atoms with E-state index >= 15 is 0 Å². The third-order valence-corrected chi connectivity index (χ3v) is 16.5. The molecule has 12 nitrogen and oxygen atoms in total. The Balaban J connectivity index is 1.17. The molecule has 2 saturated heterocycles. The molecule has 2 atom stereocenters. The lowest BCUT2D eigenvalue weighted by Crippen LogP contribution is -2.68. The van der Waals surface area contributed by atoms with E-state index in [1.54, 1.807) is 11.8 Å². The van der Waals surface area contributed by atoms with Gasteiger partial charge in [0.1, 0.15) is 11.4 Å². The third-order valence-electron chi connectivity index (χ3n) is 14.4. The Hall–Kier alpha value is -5.12. The summed E-state index contributed by atoms with van der Waals surface area (Å²) in [5.74, 6) is -0.344. The first-order valence-electron chi connectivity index (χ1n) is 22.4. The monoisotopic (exact) mass is 906 g/mol. The average molecular weight is 907 g/mol. The number of fused-ring (bicyclic) bond motifs is 7. The Labute approximate surface area is 376 Å². The summed E-state index contributed by atoms with van der Waals surface area (Å²) in [5, 5.41) is 3.39. The minimum absolute atomic E-state index is 0.0653. The van der Waals surface area contributed by atoms with Crippen LogP contribution in [-0.2, 0) is 35.8 Å². The van der Waals surface area contributed by atoms with Crippen molar-refractivity contribution in [2.24, 2.45) is 0 Å². The zero-order valence-corrected chi connectivity index (χ0v) is 38.9. The molecule has 0 aromatic heterocycles. The number of benzene rings is 4. The van der Waals surface area contributed by atoms with Gasteiger partial charge in [0.05, 0.1) is 43.8 Å². The molecule has 1 spiro atoms. The van der Waals surface area contributed by atoms with E-state index in [0.717, 1.165) is 79.6 Å². The minimum Gasteiger partial charge on any atom is -0.450 e. The number of ether oxygens (including phenoxy) is 1. The Morgan fingerprint density at radius 1 is 0.812 bits per heavy atom. The van der Waals surface area contributed by atoms with E-state index in [4.69, 9.17) is 4.74 Å². The van der Waals surface area contributed by atoms with Crippen LogP contribution in [0.5, 0.6) is 0 Å².